The number of methoxy groups -OCH3 is 1. The van der Waals surface area contributed by atoms with Gasteiger partial charge in [0.1, 0.15) is 16.5 Å². The molecular weight excluding hydrogens is 452 g/mol. The van der Waals surface area contributed by atoms with Crippen LogP contribution in [-0.2, 0) is 26.1 Å². The molecule has 1 N–H and O–H groups in total. The van der Waals surface area contributed by atoms with Gasteiger partial charge in [0.05, 0.1) is 6.61 Å². The van der Waals surface area contributed by atoms with E-state index in [1.165, 1.54) is 0 Å². The van der Waals surface area contributed by atoms with Crippen LogP contribution < -0.4 is 5.32 Å². The summed E-state index contributed by atoms with van der Waals surface area (Å²) in [7, 11) is -2.52. The van der Waals surface area contributed by atoms with Crippen LogP contribution in [-0.4, -0.2) is 50.0 Å². The van der Waals surface area contributed by atoms with Gasteiger partial charge in [-0.1, -0.05) is 0 Å². The largest absolute Gasteiger partial charge is 0.383 e. The van der Waals surface area contributed by atoms with Crippen LogP contribution >= 0.6 is 0 Å². The first-order valence-corrected chi connectivity index (χ1v) is 12.1. The SMILES string of the molecule is COCCn1ccc2cc(NC(=O)C3CCN(S(=O)(=O)c4cc(F)ccc4F)CC3)ccc21. The lowest BCUT2D eigenvalue weighted by Crippen LogP contribution is -2.41. The Balaban J connectivity index is 1.39. The number of benzene rings is 2. The molecule has 1 amide bonds. The lowest BCUT2D eigenvalue weighted by molar-refractivity contribution is -0.120. The summed E-state index contributed by atoms with van der Waals surface area (Å²) >= 11 is 0. The van der Waals surface area contributed by atoms with Crippen LogP contribution in [0.1, 0.15) is 12.8 Å². The van der Waals surface area contributed by atoms with Crippen LogP contribution in [0.3, 0.4) is 0 Å². The summed E-state index contributed by atoms with van der Waals surface area (Å²) in [6.45, 7) is 1.44. The van der Waals surface area contributed by atoms with Crippen LogP contribution in [0, 0.1) is 17.6 Å². The summed E-state index contributed by atoms with van der Waals surface area (Å²) in [4.78, 5) is 12.1. The van der Waals surface area contributed by atoms with Gasteiger partial charge in [-0.25, -0.2) is 17.2 Å². The minimum absolute atomic E-state index is 0.0533. The first kappa shape index (κ1) is 23.3. The number of halogens is 2. The molecule has 4 rings (SSSR count). The molecule has 10 heteroatoms. The van der Waals surface area contributed by atoms with Crippen LogP contribution in [0.2, 0.25) is 0 Å². The van der Waals surface area contributed by atoms with E-state index in [0.29, 0.717) is 18.4 Å². The number of amides is 1. The zero-order valence-corrected chi connectivity index (χ0v) is 18.9. The first-order chi connectivity index (χ1) is 15.8. The number of ether oxygens (including phenoxy) is 1. The number of hydrogen-bond donors (Lipinski definition) is 1. The molecule has 3 aromatic rings. The lowest BCUT2D eigenvalue weighted by Gasteiger charge is -2.30. The summed E-state index contributed by atoms with van der Waals surface area (Å²) in [5.74, 6) is -2.39. The van der Waals surface area contributed by atoms with Gasteiger partial charge >= 0.3 is 0 Å². The average Bonchev–Trinajstić information content (AvgIpc) is 3.21. The summed E-state index contributed by atoms with van der Waals surface area (Å²) < 4.78 is 61.2. The van der Waals surface area contributed by atoms with E-state index in [4.69, 9.17) is 4.74 Å². The Hall–Kier alpha value is -2.82. The molecule has 1 aliphatic heterocycles. The maximum Gasteiger partial charge on any atom is 0.246 e. The Morgan fingerprint density at radius 2 is 1.88 bits per heavy atom. The molecule has 1 aliphatic rings. The fraction of sp³-hybridized carbons (Fsp3) is 0.348. The van der Waals surface area contributed by atoms with Crippen LogP contribution in [0.5, 0.6) is 0 Å². The number of sulfonamides is 1. The number of nitrogens with zero attached hydrogens (tertiary/aromatic N) is 2. The van der Waals surface area contributed by atoms with E-state index in [0.717, 1.165) is 33.9 Å². The van der Waals surface area contributed by atoms with Crippen molar-refractivity contribution < 1.29 is 26.7 Å². The van der Waals surface area contributed by atoms with E-state index in [1.807, 2.05) is 30.5 Å². The highest BCUT2D eigenvalue weighted by Crippen LogP contribution is 2.27. The number of carbonyl (C=O) groups is 1. The van der Waals surface area contributed by atoms with Crippen molar-refractivity contribution in [3.63, 3.8) is 0 Å². The van der Waals surface area contributed by atoms with E-state index in [1.54, 1.807) is 7.11 Å². The molecule has 0 bridgehead atoms. The summed E-state index contributed by atoms with van der Waals surface area (Å²) in [5, 5.41) is 3.90. The number of nitrogens with one attached hydrogen (secondary N) is 1. The van der Waals surface area contributed by atoms with Crippen molar-refractivity contribution >= 4 is 32.5 Å². The fourth-order valence-corrected chi connectivity index (χ4v) is 5.62. The summed E-state index contributed by atoms with van der Waals surface area (Å²) in [6.07, 6.45) is 2.54. The van der Waals surface area contributed by atoms with Gasteiger partial charge in [0.2, 0.25) is 15.9 Å². The standard InChI is InChI=1S/C23H25F2N3O4S/c1-32-13-12-27-9-6-17-14-19(3-5-21(17)27)26-23(29)16-7-10-28(11-8-16)33(30,31)22-15-18(24)2-4-20(22)25/h2-6,9,14-16H,7-8,10-13H2,1H3,(H,26,29). The molecule has 2 heterocycles. The van der Waals surface area contributed by atoms with Gasteiger partial charge < -0.3 is 14.6 Å². The molecule has 1 saturated heterocycles. The zero-order valence-electron chi connectivity index (χ0n) is 18.1. The van der Waals surface area contributed by atoms with Gasteiger partial charge in [0, 0.05) is 55.4 Å². The number of fused-ring (bicyclic) bond motifs is 1. The van der Waals surface area contributed by atoms with Crippen molar-refractivity contribution in [1.29, 1.82) is 0 Å². The molecule has 0 atom stereocenters. The van der Waals surface area contributed by atoms with E-state index < -0.39 is 26.6 Å². The normalized spacial score (nSPS) is 15.7. The minimum atomic E-state index is -4.18. The summed E-state index contributed by atoms with van der Waals surface area (Å²) in [6, 6.07) is 9.97. The molecule has 0 radical (unpaired) electrons. The maximum absolute atomic E-state index is 14.0. The first-order valence-electron chi connectivity index (χ1n) is 10.6. The molecule has 2 aromatic carbocycles. The average molecular weight is 478 g/mol. The van der Waals surface area contributed by atoms with Crippen molar-refractivity contribution in [2.75, 3.05) is 32.1 Å². The van der Waals surface area contributed by atoms with E-state index >= 15 is 0 Å². The number of aromatic nitrogens is 1. The van der Waals surface area contributed by atoms with Gasteiger partial charge in [-0.15, -0.1) is 0 Å². The Kier molecular flexibility index (Phi) is 6.78. The van der Waals surface area contributed by atoms with Crippen molar-refractivity contribution in [1.82, 2.24) is 8.87 Å². The Morgan fingerprint density at radius 1 is 1.12 bits per heavy atom. The van der Waals surface area contributed by atoms with Gasteiger partial charge in [-0.3, -0.25) is 4.79 Å². The molecule has 0 saturated carbocycles. The van der Waals surface area contributed by atoms with Crippen LogP contribution in [0.15, 0.2) is 53.6 Å². The third-order valence-electron chi connectivity index (χ3n) is 5.91. The molecular formula is C23H25F2N3O4S. The van der Waals surface area contributed by atoms with Crippen molar-refractivity contribution in [2.24, 2.45) is 5.92 Å². The molecule has 0 spiro atoms. The van der Waals surface area contributed by atoms with E-state index in [-0.39, 0.29) is 37.8 Å². The molecule has 176 valence electrons. The van der Waals surface area contributed by atoms with Gasteiger partial charge in [-0.05, 0) is 55.3 Å². The number of piperidine rings is 1. The van der Waals surface area contributed by atoms with Crippen molar-refractivity contribution in [3.8, 4) is 0 Å². The number of carbonyl (C=O) groups excluding carboxylic acids is 1. The second kappa shape index (κ2) is 9.58. The Morgan fingerprint density at radius 3 is 2.61 bits per heavy atom. The predicted molar refractivity (Wildman–Crippen MR) is 120 cm³/mol. The zero-order chi connectivity index (χ0) is 23.6. The fourth-order valence-electron chi connectivity index (χ4n) is 4.08. The van der Waals surface area contributed by atoms with Crippen LogP contribution in [0.25, 0.3) is 10.9 Å². The van der Waals surface area contributed by atoms with Gasteiger partial charge in [0.15, 0.2) is 0 Å². The van der Waals surface area contributed by atoms with Crippen molar-refractivity contribution in [3.05, 3.63) is 60.3 Å². The van der Waals surface area contributed by atoms with Crippen LogP contribution in [0.4, 0.5) is 14.5 Å². The Bertz CT molecular complexity index is 1270. The quantitative estimate of drug-likeness (QED) is 0.564. The van der Waals surface area contributed by atoms with E-state index in [9.17, 15) is 22.0 Å². The highest BCUT2D eigenvalue weighted by molar-refractivity contribution is 7.89. The molecule has 0 unspecified atom stereocenters. The molecule has 33 heavy (non-hydrogen) atoms. The second-order valence-electron chi connectivity index (χ2n) is 8.02. The predicted octanol–water partition coefficient (Wildman–Crippen LogP) is 3.61. The highest BCUT2D eigenvalue weighted by atomic mass is 32.2. The third-order valence-corrected chi connectivity index (χ3v) is 7.82. The molecule has 1 fully saturated rings. The Labute approximate surface area is 191 Å². The minimum Gasteiger partial charge on any atom is -0.383 e. The third kappa shape index (κ3) is 4.92. The second-order valence-corrected chi connectivity index (χ2v) is 9.92. The maximum atomic E-state index is 14.0. The van der Waals surface area contributed by atoms with Gasteiger partial charge in [-0.2, -0.15) is 4.31 Å². The molecule has 0 aliphatic carbocycles. The summed E-state index contributed by atoms with van der Waals surface area (Å²) in [5.41, 5.74) is 1.70. The number of hydrogen-bond acceptors (Lipinski definition) is 4. The van der Waals surface area contributed by atoms with Crippen molar-refractivity contribution in [2.45, 2.75) is 24.3 Å². The monoisotopic (exact) mass is 477 g/mol. The smallest absolute Gasteiger partial charge is 0.246 e. The molecule has 1 aromatic heterocycles. The molecule has 7 nitrogen and oxygen atoms in total. The highest BCUT2D eigenvalue weighted by Gasteiger charge is 2.33. The topological polar surface area (TPSA) is 80.6 Å². The number of anilines is 1. The van der Waals surface area contributed by atoms with E-state index in [2.05, 4.69) is 9.88 Å². The van der Waals surface area contributed by atoms with Gasteiger partial charge in [0.25, 0.3) is 0 Å². The lowest BCUT2D eigenvalue weighted by atomic mass is 9.97. The number of rotatable bonds is 7.